The van der Waals surface area contributed by atoms with Crippen molar-refractivity contribution in [3.63, 3.8) is 0 Å². The zero-order valence-corrected chi connectivity index (χ0v) is 15.2. The van der Waals surface area contributed by atoms with Crippen molar-refractivity contribution in [2.75, 3.05) is 11.9 Å². The molecule has 0 saturated heterocycles. The quantitative estimate of drug-likeness (QED) is 0.702. The lowest BCUT2D eigenvalue weighted by Crippen LogP contribution is -2.19. The average Bonchev–Trinajstić information content (AvgIpc) is 2.62. The molecule has 0 bridgehead atoms. The Morgan fingerprint density at radius 2 is 1.52 bits per heavy atom. The number of aryl methyl sites for hydroxylation is 1. The van der Waals surface area contributed by atoms with Crippen molar-refractivity contribution < 1.29 is 5.11 Å². The number of hydrogen-bond donors (Lipinski definition) is 1. The Balaban J connectivity index is 1.86. The van der Waals surface area contributed by atoms with Crippen LogP contribution in [0.3, 0.4) is 0 Å². The maximum absolute atomic E-state index is 9.38. The van der Waals surface area contributed by atoms with Crippen molar-refractivity contribution >= 4 is 17.8 Å². The van der Waals surface area contributed by atoms with Gasteiger partial charge in [0.2, 0.25) is 0 Å². The van der Waals surface area contributed by atoms with E-state index in [4.69, 9.17) is 0 Å². The standard InChI is InChI=1S/C23H25NO/c1-17-6-4-5-7-22(17)24(3)23-16-20(9-8-18(23)2)11-10-19-12-14-21(25)15-13-19/h6-16,25H,4-5H2,1-3H3/b11-10+. The van der Waals surface area contributed by atoms with Gasteiger partial charge in [0.15, 0.2) is 0 Å². The average molecular weight is 331 g/mol. The second kappa shape index (κ2) is 7.43. The third-order valence-corrected chi connectivity index (χ3v) is 4.68. The molecule has 0 aromatic heterocycles. The van der Waals surface area contributed by atoms with Crippen molar-refractivity contribution in [3.8, 4) is 5.75 Å². The van der Waals surface area contributed by atoms with Crippen LogP contribution in [0.1, 0.15) is 36.5 Å². The summed E-state index contributed by atoms with van der Waals surface area (Å²) in [5.41, 5.74) is 7.38. The van der Waals surface area contributed by atoms with Gasteiger partial charge in [0.25, 0.3) is 0 Å². The molecule has 0 fully saturated rings. The van der Waals surface area contributed by atoms with Crippen molar-refractivity contribution in [2.24, 2.45) is 0 Å². The topological polar surface area (TPSA) is 23.5 Å². The number of allylic oxidation sites excluding steroid dienone is 3. The Morgan fingerprint density at radius 3 is 2.24 bits per heavy atom. The monoisotopic (exact) mass is 331 g/mol. The molecule has 128 valence electrons. The van der Waals surface area contributed by atoms with Gasteiger partial charge in [-0.05, 0) is 67.2 Å². The van der Waals surface area contributed by atoms with Gasteiger partial charge < -0.3 is 10.0 Å². The predicted octanol–water partition coefficient (Wildman–Crippen LogP) is 5.93. The number of anilines is 1. The molecule has 3 rings (SSSR count). The first-order valence-electron chi connectivity index (χ1n) is 8.73. The summed E-state index contributed by atoms with van der Waals surface area (Å²) in [6.45, 7) is 4.34. The van der Waals surface area contributed by atoms with Crippen LogP contribution in [0.5, 0.6) is 5.75 Å². The first-order valence-corrected chi connectivity index (χ1v) is 8.73. The van der Waals surface area contributed by atoms with Crippen LogP contribution >= 0.6 is 0 Å². The smallest absolute Gasteiger partial charge is 0.115 e. The molecule has 0 amide bonds. The van der Waals surface area contributed by atoms with Crippen LogP contribution < -0.4 is 4.90 Å². The second-order valence-corrected chi connectivity index (χ2v) is 6.58. The SMILES string of the molecule is CC1=CCCC=C1N(C)c1cc(/C=C/c2ccc(O)cc2)ccc1C. The maximum Gasteiger partial charge on any atom is 0.115 e. The van der Waals surface area contributed by atoms with Gasteiger partial charge in [0.05, 0.1) is 0 Å². The molecule has 0 heterocycles. The molecule has 2 aromatic carbocycles. The van der Waals surface area contributed by atoms with Gasteiger partial charge in [-0.15, -0.1) is 0 Å². The van der Waals surface area contributed by atoms with E-state index in [1.54, 1.807) is 12.1 Å². The van der Waals surface area contributed by atoms with Gasteiger partial charge >= 0.3 is 0 Å². The Bertz CT molecular complexity index is 841. The van der Waals surface area contributed by atoms with E-state index >= 15 is 0 Å². The summed E-state index contributed by atoms with van der Waals surface area (Å²) < 4.78 is 0. The number of benzene rings is 2. The highest BCUT2D eigenvalue weighted by molar-refractivity contribution is 5.73. The summed E-state index contributed by atoms with van der Waals surface area (Å²) in [6.07, 6.45) is 11.1. The third kappa shape index (κ3) is 4.03. The third-order valence-electron chi connectivity index (χ3n) is 4.68. The Morgan fingerprint density at radius 1 is 0.880 bits per heavy atom. The normalized spacial score (nSPS) is 14.4. The Hall–Kier alpha value is -2.74. The summed E-state index contributed by atoms with van der Waals surface area (Å²) in [5.74, 6) is 0.292. The molecule has 2 nitrogen and oxygen atoms in total. The molecular weight excluding hydrogens is 306 g/mol. The highest BCUT2D eigenvalue weighted by atomic mass is 16.3. The largest absolute Gasteiger partial charge is 0.508 e. The minimum atomic E-state index is 0.292. The van der Waals surface area contributed by atoms with Crippen LogP contribution in [-0.2, 0) is 0 Å². The Kier molecular flexibility index (Phi) is 5.08. The number of phenols is 1. The van der Waals surface area contributed by atoms with Crippen LogP contribution in [-0.4, -0.2) is 12.2 Å². The van der Waals surface area contributed by atoms with Crippen LogP contribution in [0.15, 0.2) is 65.9 Å². The van der Waals surface area contributed by atoms with Crippen LogP contribution in [0.2, 0.25) is 0 Å². The molecule has 2 heteroatoms. The second-order valence-electron chi connectivity index (χ2n) is 6.58. The number of rotatable bonds is 4. The fourth-order valence-corrected chi connectivity index (χ4v) is 3.19. The maximum atomic E-state index is 9.38. The lowest BCUT2D eigenvalue weighted by atomic mass is 10.0. The summed E-state index contributed by atoms with van der Waals surface area (Å²) >= 11 is 0. The summed E-state index contributed by atoms with van der Waals surface area (Å²) in [6, 6.07) is 13.8. The van der Waals surface area contributed by atoms with E-state index in [1.807, 2.05) is 12.1 Å². The summed E-state index contributed by atoms with van der Waals surface area (Å²) in [7, 11) is 2.14. The Labute approximate surface area is 150 Å². The van der Waals surface area contributed by atoms with Crippen molar-refractivity contribution in [1.29, 1.82) is 0 Å². The molecule has 0 radical (unpaired) electrons. The summed E-state index contributed by atoms with van der Waals surface area (Å²) in [5, 5.41) is 9.38. The van der Waals surface area contributed by atoms with Gasteiger partial charge in [-0.2, -0.15) is 0 Å². The fraction of sp³-hybridized carbons (Fsp3) is 0.217. The molecular formula is C23H25NO. The van der Waals surface area contributed by atoms with Gasteiger partial charge in [-0.1, -0.05) is 48.6 Å². The summed E-state index contributed by atoms with van der Waals surface area (Å²) in [4.78, 5) is 2.29. The van der Waals surface area contributed by atoms with E-state index in [2.05, 4.69) is 68.3 Å². The van der Waals surface area contributed by atoms with Crippen molar-refractivity contribution in [1.82, 2.24) is 0 Å². The van der Waals surface area contributed by atoms with E-state index in [9.17, 15) is 5.11 Å². The highest BCUT2D eigenvalue weighted by Crippen LogP contribution is 2.29. The molecule has 0 unspecified atom stereocenters. The van der Waals surface area contributed by atoms with Crippen LogP contribution in [0.25, 0.3) is 12.2 Å². The highest BCUT2D eigenvalue weighted by Gasteiger charge is 2.13. The minimum absolute atomic E-state index is 0.292. The number of nitrogens with zero attached hydrogens (tertiary/aromatic N) is 1. The number of aromatic hydroxyl groups is 1. The van der Waals surface area contributed by atoms with E-state index in [1.165, 1.54) is 28.1 Å². The molecule has 0 atom stereocenters. The predicted molar refractivity (Wildman–Crippen MR) is 108 cm³/mol. The van der Waals surface area contributed by atoms with E-state index in [0.29, 0.717) is 5.75 Å². The number of hydrogen-bond acceptors (Lipinski definition) is 2. The lowest BCUT2D eigenvalue weighted by Gasteiger charge is -2.27. The molecule has 2 aromatic rings. The molecule has 25 heavy (non-hydrogen) atoms. The zero-order chi connectivity index (χ0) is 17.8. The molecule has 0 aliphatic heterocycles. The number of phenolic OH excluding ortho intramolecular Hbond substituents is 1. The van der Waals surface area contributed by atoms with Gasteiger partial charge in [-0.25, -0.2) is 0 Å². The van der Waals surface area contributed by atoms with E-state index in [0.717, 1.165) is 18.4 Å². The number of likely N-dealkylation sites (N-methyl/N-ethyl adjacent to an activating group) is 1. The first-order chi connectivity index (χ1) is 12.0. The zero-order valence-electron chi connectivity index (χ0n) is 15.2. The van der Waals surface area contributed by atoms with Crippen molar-refractivity contribution in [3.05, 3.63) is 82.6 Å². The molecule has 0 spiro atoms. The lowest BCUT2D eigenvalue weighted by molar-refractivity contribution is 0.475. The van der Waals surface area contributed by atoms with Crippen LogP contribution in [0, 0.1) is 6.92 Å². The van der Waals surface area contributed by atoms with Gasteiger partial charge in [-0.3, -0.25) is 0 Å². The molecule has 1 N–H and O–H groups in total. The first kappa shape index (κ1) is 17.1. The molecule has 0 saturated carbocycles. The van der Waals surface area contributed by atoms with E-state index < -0.39 is 0 Å². The van der Waals surface area contributed by atoms with Crippen molar-refractivity contribution in [2.45, 2.75) is 26.7 Å². The van der Waals surface area contributed by atoms with Gasteiger partial charge in [0, 0.05) is 18.4 Å². The van der Waals surface area contributed by atoms with Crippen LogP contribution in [0.4, 0.5) is 5.69 Å². The van der Waals surface area contributed by atoms with Gasteiger partial charge in [0.1, 0.15) is 5.75 Å². The molecule has 1 aliphatic rings. The molecule has 1 aliphatic carbocycles. The minimum Gasteiger partial charge on any atom is -0.508 e. The fourth-order valence-electron chi connectivity index (χ4n) is 3.19. The van der Waals surface area contributed by atoms with E-state index in [-0.39, 0.29) is 0 Å².